The minimum absolute atomic E-state index is 0.0764. The molecule has 1 rings (SSSR count). The number of benzene rings is 1. The van der Waals surface area contributed by atoms with Gasteiger partial charge >= 0.3 is 0 Å². The first-order valence-electron chi connectivity index (χ1n) is 4.07. The molecular formula is C9H13NO3. The Hall–Kier alpha value is -1.26. The summed E-state index contributed by atoms with van der Waals surface area (Å²) in [4.78, 5) is 0. The van der Waals surface area contributed by atoms with Gasteiger partial charge in [0.1, 0.15) is 12.0 Å². The van der Waals surface area contributed by atoms with Gasteiger partial charge in [-0.25, -0.2) is 0 Å². The number of hydrogen-bond acceptors (Lipinski definition) is 4. The topological polar surface area (TPSA) is 72.7 Å². The van der Waals surface area contributed by atoms with Crippen LogP contribution in [0.5, 0.6) is 5.75 Å². The molecule has 1 aromatic carbocycles. The van der Waals surface area contributed by atoms with Gasteiger partial charge in [0.25, 0.3) is 0 Å². The average molecular weight is 183 g/mol. The van der Waals surface area contributed by atoms with Crippen molar-refractivity contribution in [3.05, 3.63) is 24.3 Å². The van der Waals surface area contributed by atoms with Gasteiger partial charge in [-0.05, 0) is 12.1 Å². The molecule has 4 N–H and O–H groups in total. The third kappa shape index (κ3) is 3.31. The highest BCUT2D eigenvalue weighted by Crippen LogP contribution is 2.16. The number of hydrogen-bond donors (Lipinski definition) is 4. The van der Waals surface area contributed by atoms with Crippen LogP contribution in [0.1, 0.15) is 6.42 Å². The summed E-state index contributed by atoms with van der Waals surface area (Å²) in [5, 5.41) is 29.6. The lowest BCUT2D eigenvalue weighted by atomic mass is 10.3. The third-order valence-electron chi connectivity index (χ3n) is 1.58. The molecule has 72 valence electrons. The maximum Gasteiger partial charge on any atom is 0.126 e. The van der Waals surface area contributed by atoms with Crippen molar-refractivity contribution in [2.45, 2.75) is 12.6 Å². The number of phenolic OH excluding ortho intramolecular Hbond substituents is 1. The summed E-state index contributed by atoms with van der Waals surface area (Å²) in [5.41, 5.74) is 0.626. The Morgan fingerprint density at radius 2 is 2.15 bits per heavy atom. The van der Waals surface area contributed by atoms with Crippen molar-refractivity contribution in [2.24, 2.45) is 0 Å². The molecule has 1 aromatic rings. The largest absolute Gasteiger partial charge is 0.508 e. The van der Waals surface area contributed by atoms with Crippen molar-refractivity contribution in [3.63, 3.8) is 0 Å². The summed E-state index contributed by atoms with van der Waals surface area (Å²) in [6.45, 7) is -0.0764. The summed E-state index contributed by atoms with van der Waals surface area (Å²) in [6.07, 6.45) is -0.526. The van der Waals surface area contributed by atoms with Crippen LogP contribution in [0.3, 0.4) is 0 Å². The Kier molecular flexibility index (Phi) is 3.54. The maximum absolute atomic E-state index is 9.24. The highest BCUT2D eigenvalue weighted by Gasteiger charge is 2.02. The van der Waals surface area contributed by atoms with Crippen molar-refractivity contribution in [3.8, 4) is 5.75 Å². The van der Waals surface area contributed by atoms with E-state index in [1.165, 1.54) is 6.07 Å². The molecule has 0 aliphatic rings. The number of phenols is 1. The standard InChI is InChI=1S/C9H13NO3/c11-5-4-9(13)10-7-2-1-3-8(12)6-7/h1-3,6,9-13H,4-5H2. The molecule has 4 heteroatoms. The van der Waals surface area contributed by atoms with E-state index in [1.54, 1.807) is 18.2 Å². The van der Waals surface area contributed by atoms with E-state index in [2.05, 4.69) is 5.32 Å². The molecule has 0 saturated heterocycles. The van der Waals surface area contributed by atoms with E-state index in [4.69, 9.17) is 10.2 Å². The summed E-state index contributed by atoms with van der Waals surface area (Å²) in [5.74, 6) is 0.140. The zero-order chi connectivity index (χ0) is 9.68. The van der Waals surface area contributed by atoms with E-state index in [0.717, 1.165) is 0 Å². The molecule has 0 saturated carbocycles. The zero-order valence-electron chi connectivity index (χ0n) is 7.14. The van der Waals surface area contributed by atoms with Crippen LogP contribution in [0.15, 0.2) is 24.3 Å². The van der Waals surface area contributed by atoms with Crippen LogP contribution >= 0.6 is 0 Å². The molecule has 0 spiro atoms. The molecule has 0 heterocycles. The monoisotopic (exact) mass is 183 g/mol. The maximum atomic E-state index is 9.24. The highest BCUT2D eigenvalue weighted by molar-refractivity contribution is 5.47. The predicted molar refractivity (Wildman–Crippen MR) is 49.4 cm³/mol. The molecule has 0 aromatic heterocycles. The molecule has 0 aliphatic carbocycles. The van der Waals surface area contributed by atoms with E-state index < -0.39 is 6.23 Å². The van der Waals surface area contributed by atoms with Crippen molar-refractivity contribution in [1.82, 2.24) is 0 Å². The normalized spacial score (nSPS) is 12.5. The van der Waals surface area contributed by atoms with Gasteiger partial charge in [0.15, 0.2) is 0 Å². The van der Waals surface area contributed by atoms with Crippen LogP contribution in [0, 0.1) is 0 Å². The van der Waals surface area contributed by atoms with Crippen LogP contribution < -0.4 is 5.32 Å². The fourth-order valence-electron chi connectivity index (χ4n) is 0.983. The average Bonchev–Trinajstić information content (AvgIpc) is 2.04. The SMILES string of the molecule is OCCC(O)Nc1cccc(O)c1. The smallest absolute Gasteiger partial charge is 0.126 e. The van der Waals surface area contributed by atoms with Crippen molar-refractivity contribution < 1.29 is 15.3 Å². The van der Waals surface area contributed by atoms with E-state index in [0.29, 0.717) is 5.69 Å². The van der Waals surface area contributed by atoms with Crippen molar-refractivity contribution in [1.29, 1.82) is 0 Å². The third-order valence-corrected chi connectivity index (χ3v) is 1.58. The van der Waals surface area contributed by atoms with Gasteiger partial charge in [0.2, 0.25) is 0 Å². The quantitative estimate of drug-likeness (QED) is 0.513. The lowest BCUT2D eigenvalue weighted by Gasteiger charge is -2.12. The first kappa shape index (κ1) is 9.83. The fraction of sp³-hybridized carbons (Fsp3) is 0.333. The molecule has 0 fully saturated rings. The van der Waals surface area contributed by atoms with Crippen molar-refractivity contribution >= 4 is 5.69 Å². The number of aliphatic hydroxyl groups excluding tert-OH is 2. The van der Waals surface area contributed by atoms with Gasteiger partial charge < -0.3 is 20.6 Å². The Balaban J connectivity index is 2.53. The van der Waals surface area contributed by atoms with Crippen LogP contribution in [0.4, 0.5) is 5.69 Å². The number of aromatic hydroxyl groups is 1. The number of rotatable bonds is 4. The second-order valence-electron chi connectivity index (χ2n) is 2.72. The predicted octanol–water partition coefficient (Wildman–Crippen LogP) is 0.505. The molecular weight excluding hydrogens is 170 g/mol. The number of aliphatic hydroxyl groups is 2. The van der Waals surface area contributed by atoms with Gasteiger partial charge in [-0.2, -0.15) is 0 Å². The number of nitrogens with one attached hydrogen (secondary N) is 1. The van der Waals surface area contributed by atoms with Crippen LogP contribution in [-0.2, 0) is 0 Å². The second-order valence-corrected chi connectivity index (χ2v) is 2.72. The van der Waals surface area contributed by atoms with Gasteiger partial charge in [-0.1, -0.05) is 6.07 Å². The summed E-state index contributed by atoms with van der Waals surface area (Å²) >= 11 is 0. The van der Waals surface area contributed by atoms with E-state index in [-0.39, 0.29) is 18.8 Å². The minimum Gasteiger partial charge on any atom is -0.508 e. The lowest BCUT2D eigenvalue weighted by Crippen LogP contribution is -2.19. The van der Waals surface area contributed by atoms with Gasteiger partial charge in [-0.15, -0.1) is 0 Å². The van der Waals surface area contributed by atoms with Crippen LogP contribution in [-0.4, -0.2) is 28.2 Å². The molecule has 13 heavy (non-hydrogen) atoms. The Morgan fingerprint density at radius 1 is 1.38 bits per heavy atom. The zero-order valence-corrected chi connectivity index (χ0v) is 7.14. The molecule has 0 aliphatic heterocycles. The fourth-order valence-corrected chi connectivity index (χ4v) is 0.983. The minimum atomic E-state index is -0.785. The first-order chi connectivity index (χ1) is 6.22. The summed E-state index contributed by atoms with van der Waals surface area (Å²) in [6, 6.07) is 6.44. The molecule has 4 nitrogen and oxygen atoms in total. The summed E-state index contributed by atoms with van der Waals surface area (Å²) in [7, 11) is 0. The lowest BCUT2D eigenvalue weighted by molar-refractivity contribution is 0.155. The molecule has 0 bridgehead atoms. The molecule has 0 radical (unpaired) electrons. The summed E-state index contributed by atoms with van der Waals surface area (Å²) < 4.78 is 0. The van der Waals surface area contributed by atoms with E-state index in [9.17, 15) is 5.11 Å². The molecule has 1 atom stereocenters. The van der Waals surface area contributed by atoms with Gasteiger partial charge in [-0.3, -0.25) is 0 Å². The van der Waals surface area contributed by atoms with Crippen LogP contribution in [0.2, 0.25) is 0 Å². The van der Waals surface area contributed by atoms with Gasteiger partial charge in [0.05, 0.1) is 0 Å². The van der Waals surface area contributed by atoms with E-state index in [1.807, 2.05) is 0 Å². The van der Waals surface area contributed by atoms with Crippen molar-refractivity contribution in [2.75, 3.05) is 11.9 Å². The Labute approximate surface area is 76.5 Å². The molecule has 0 amide bonds. The Morgan fingerprint density at radius 3 is 2.77 bits per heavy atom. The van der Waals surface area contributed by atoms with Gasteiger partial charge in [0, 0.05) is 24.8 Å². The first-order valence-corrected chi connectivity index (χ1v) is 4.07. The number of anilines is 1. The van der Waals surface area contributed by atoms with Crippen LogP contribution in [0.25, 0.3) is 0 Å². The highest BCUT2D eigenvalue weighted by atomic mass is 16.3. The Bertz CT molecular complexity index is 265. The molecule has 1 unspecified atom stereocenters. The van der Waals surface area contributed by atoms with E-state index >= 15 is 0 Å². The second kappa shape index (κ2) is 4.69.